The summed E-state index contributed by atoms with van der Waals surface area (Å²) in [6.45, 7) is 3.77. The second-order valence-corrected chi connectivity index (χ2v) is 7.61. The van der Waals surface area contributed by atoms with Crippen molar-refractivity contribution in [1.82, 2.24) is 34.0 Å². The summed E-state index contributed by atoms with van der Waals surface area (Å²) < 4.78 is 4.40. The molecule has 1 aliphatic rings. The number of hydrogen-bond acceptors (Lipinski definition) is 6. The minimum atomic E-state index is -0.382. The first kappa shape index (κ1) is 17.5. The Morgan fingerprint density at radius 1 is 1.24 bits per heavy atom. The lowest BCUT2D eigenvalue weighted by molar-refractivity contribution is -0.117. The Balaban J connectivity index is 1.46. The first-order valence-corrected chi connectivity index (χ1v) is 9.60. The van der Waals surface area contributed by atoms with Crippen LogP contribution in [0.25, 0.3) is 11.2 Å². The van der Waals surface area contributed by atoms with Gasteiger partial charge in [-0.25, -0.2) is 18.7 Å². The van der Waals surface area contributed by atoms with E-state index in [1.807, 2.05) is 19.9 Å². The van der Waals surface area contributed by atoms with E-state index >= 15 is 0 Å². The van der Waals surface area contributed by atoms with Crippen LogP contribution in [0.3, 0.4) is 0 Å². The van der Waals surface area contributed by atoms with Crippen molar-refractivity contribution in [3.05, 3.63) is 52.5 Å². The Hall–Kier alpha value is -3.56. The van der Waals surface area contributed by atoms with Gasteiger partial charge in [0.1, 0.15) is 12.1 Å². The van der Waals surface area contributed by atoms with Crippen LogP contribution in [0.1, 0.15) is 50.0 Å². The zero-order valence-corrected chi connectivity index (χ0v) is 16.1. The van der Waals surface area contributed by atoms with Gasteiger partial charge in [-0.15, -0.1) is 5.10 Å². The lowest BCUT2D eigenvalue weighted by Gasteiger charge is -2.11. The van der Waals surface area contributed by atoms with Gasteiger partial charge in [-0.05, 0) is 31.0 Å². The van der Waals surface area contributed by atoms with Crippen molar-refractivity contribution in [1.29, 1.82) is 0 Å². The van der Waals surface area contributed by atoms with Crippen molar-refractivity contribution in [2.75, 3.05) is 5.32 Å². The number of nitrogens with zero attached hydrogens (tertiary/aromatic N) is 7. The third kappa shape index (κ3) is 3.16. The highest BCUT2D eigenvalue weighted by Gasteiger charge is 2.28. The van der Waals surface area contributed by atoms with E-state index in [0.29, 0.717) is 28.7 Å². The van der Waals surface area contributed by atoms with Gasteiger partial charge in [-0.1, -0.05) is 13.8 Å². The Kier molecular flexibility index (Phi) is 3.93. The monoisotopic (exact) mass is 392 g/mol. The number of carbonyl (C=O) groups excluding carboxylic acids is 1. The average molecular weight is 392 g/mol. The molecule has 4 heterocycles. The van der Waals surface area contributed by atoms with Crippen LogP contribution in [0.5, 0.6) is 0 Å². The molecule has 10 nitrogen and oxygen atoms in total. The SMILES string of the molecule is CC(C)c1nn(CC(=O)Nc2ccc3nccn3n2)c(=O)c2cc(C3CC3)nn12. The normalized spacial score (nSPS) is 14.2. The zero-order valence-electron chi connectivity index (χ0n) is 16.1. The standard InChI is InChI=1S/C19H20N8O2/c1-11(2)18-24-26(19(29)14-9-13(12-3-4-12)22-27(14)18)10-17(28)21-15-5-6-16-20-7-8-25(16)23-15/h5-9,11-12H,3-4,10H2,1-2H3,(H,21,23,28). The summed E-state index contributed by atoms with van der Waals surface area (Å²) in [4.78, 5) is 29.6. The lowest BCUT2D eigenvalue weighted by atomic mass is 10.2. The molecule has 1 aliphatic carbocycles. The molecule has 0 aliphatic heterocycles. The fourth-order valence-electron chi connectivity index (χ4n) is 3.32. The van der Waals surface area contributed by atoms with Crippen LogP contribution in [-0.4, -0.2) is 39.9 Å². The molecule has 1 saturated carbocycles. The van der Waals surface area contributed by atoms with Gasteiger partial charge in [0.15, 0.2) is 17.3 Å². The molecule has 10 heteroatoms. The van der Waals surface area contributed by atoms with Crippen molar-refractivity contribution < 1.29 is 4.79 Å². The van der Waals surface area contributed by atoms with E-state index in [1.54, 1.807) is 33.6 Å². The summed E-state index contributed by atoms with van der Waals surface area (Å²) in [5.74, 6) is 1.11. The highest BCUT2D eigenvalue weighted by molar-refractivity contribution is 5.89. The number of carbonyl (C=O) groups is 1. The van der Waals surface area contributed by atoms with E-state index in [-0.39, 0.29) is 23.9 Å². The van der Waals surface area contributed by atoms with Gasteiger partial charge in [-0.3, -0.25) is 9.59 Å². The van der Waals surface area contributed by atoms with Crippen molar-refractivity contribution >= 4 is 22.9 Å². The third-order valence-corrected chi connectivity index (χ3v) is 4.95. The van der Waals surface area contributed by atoms with Crippen molar-refractivity contribution in [3.63, 3.8) is 0 Å². The van der Waals surface area contributed by atoms with Crippen LogP contribution in [0.15, 0.2) is 35.4 Å². The van der Waals surface area contributed by atoms with Crippen LogP contribution in [-0.2, 0) is 11.3 Å². The Morgan fingerprint density at radius 2 is 2.07 bits per heavy atom. The molecule has 29 heavy (non-hydrogen) atoms. The maximum atomic E-state index is 12.9. The molecule has 0 bridgehead atoms. The molecular formula is C19H20N8O2. The van der Waals surface area contributed by atoms with E-state index in [0.717, 1.165) is 18.5 Å². The number of aromatic nitrogens is 7. The van der Waals surface area contributed by atoms with Crippen LogP contribution in [0.4, 0.5) is 5.82 Å². The maximum Gasteiger partial charge on any atom is 0.293 e. The van der Waals surface area contributed by atoms with Gasteiger partial charge in [0.05, 0.1) is 5.69 Å². The van der Waals surface area contributed by atoms with E-state index in [4.69, 9.17) is 0 Å². The fourth-order valence-corrected chi connectivity index (χ4v) is 3.32. The Bertz CT molecular complexity index is 1290. The quantitative estimate of drug-likeness (QED) is 0.552. The molecule has 1 fully saturated rings. The molecule has 0 atom stereocenters. The average Bonchev–Trinajstić information content (AvgIpc) is 3.26. The molecule has 4 aromatic rings. The van der Waals surface area contributed by atoms with Crippen molar-refractivity contribution in [3.8, 4) is 0 Å². The number of rotatable bonds is 5. The molecule has 0 aromatic carbocycles. The maximum absolute atomic E-state index is 12.9. The van der Waals surface area contributed by atoms with E-state index in [2.05, 4.69) is 25.6 Å². The molecule has 1 amide bonds. The van der Waals surface area contributed by atoms with Gasteiger partial charge in [-0.2, -0.15) is 10.2 Å². The summed E-state index contributed by atoms with van der Waals surface area (Å²) in [5.41, 5.74) is 1.73. The summed E-state index contributed by atoms with van der Waals surface area (Å²) in [6.07, 6.45) is 5.51. The molecule has 0 unspecified atom stereocenters. The molecule has 0 radical (unpaired) electrons. The third-order valence-electron chi connectivity index (χ3n) is 4.95. The summed E-state index contributed by atoms with van der Waals surface area (Å²) in [7, 11) is 0. The van der Waals surface area contributed by atoms with Gasteiger partial charge < -0.3 is 5.32 Å². The summed E-state index contributed by atoms with van der Waals surface area (Å²) in [6, 6.07) is 5.25. The van der Waals surface area contributed by atoms with Crippen LogP contribution < -0.4 is 10.9 Å². The topological polar surface area (TPSA) is 111 Å². The number of imidazole rings is 1. The van der Waals surface area contributed by atoms with Crippen LogP contribution in [0.2, 0.25) is 0 Å². The lowest BCUT2D eigenvalue weighted by Crippen LogP contribution is -2.32. The van der Waals surface area contributed by atoms with Crippen LogP contribution in [0, 0.1) is 0 Å². The Labute approximate surface area is 165 Å². The molecule has 148 valence electrons. The molecule has 5 rings (SSSR count). The highest BCUT2D eigenvalue weighted by atomic mass is 16.2. The number of nitrogens with one attached hydrogen (secondary N) is 1. The molecule has 0 saturated heterocycles. The first-order chi connectivity index (χ1) is 14.0. The number of anilines is 1. The first-order valence-electron chi connectivity index (χ1n) is 9.60. The molecule has 4 aromatic heterocycles. The van der Waals surface area contributed by atoms with Gasteiger partial charge >= 0.3 is 0 Å². The predicted molar refractivity (Wildman–Crippen MR) is 105 cm³/mol. The Morgan fingerprint density at radius 3 is 2.83 bits per heavy atom. The highest BCUT2D eigenvalue weighted by Crippen LogP contribution is 2.39. The second kappa shape index (κ2) is 6.50. The number of hydrogen-bond donors (Lipinski definition) is 1. The zero-order chi connectivity index (χ0) is 20.1. The van der Waals surface area contributed by atoms with Crippen LogP contribution >= 0.6 is 0 Å². The minimum Gasteiger partial charge on any atom is -0.308 e. The minimum absolute atomic E-state index is 0.0460. The number of amides is 1. The largest absolute Gasteiger partial charge is 0.308 e. The fraction of sp³-hybridized carbons (Fsp3) is 0.368. The molecular weight excluding hydrogens is 372 g/mol. The van der Waals surface area contributed by atoms with E-state index in [1.165, 1.54) is 4.68 Å². The second-order valence-electron chi connectivity index (χ2n) is 7.61. The van der Waals surface area contributed by atoms with Crippen molar-refractivity contribution in [2.24, 2.45) is 0 Å². The van der Waals surface area contributed by atoms with Gasteiger partial charge in [0, 0.05) is 24.2 Å². The van der Waals surface area contributed by atoms with E-state index in [9.17, 15) is 9.59 Å². The summed E-state index contributed by atoms with van der Waals surface area (Å²) in [5, 5.41) is 16.0. The van der Waals surface area contributed by atoms with Gasteiger partial charge in [0.25, 0.3) is 5.56 Å². The van der Waals surface area contributed by atoms with Crippen molar-refractivity contribution in [2.45, 2.75) is 45.1 Å². The van der Waals surface area contributed by atoms with E-state index < -0.39 is 0 Å². The number of fused-ring (bicyclic) bond motifs is 2. The predicted octanol–water partition coefficient (Wildman–Crippen LogP) is 1.57. The van der Waals surface area contributed by atoms with Gasteiger partial charge in [0.2, 0.25) is 5.91 Å². The summed E-state index contributed by atoms with van der Waals surface area (Å²) >= 11 is 0. The molecule has 1 N–H and O–H groups in total. The molecule has 0 spiro atoms. The smallest absolute Gasteiger partial charge is 0.293 e.